The predicted molar refractivity (Wildman–Crippen MR) is 97.0 cm³/mol. The molecular formula is C19H28N4O. The van der Waals surface area contributed by atoms with Crippen molar-refractivity contribution in [2.24, 2.45) is 5.41 Å². The van der Waals surface area contributed by atoms with E-state index in [0.29, 0.717) is 13.1 Å². The average Bonchev–Trinajstić information content (AvgIpc) is 2.95. The van der Waals surface area contributed by atoms with Gasteiger partial charge in [-0.1, -0.05) is 39.0 Å². The maximum atomic E-state index is 12.0. The van der Waals surface area contributed by atoms with Crippen LogP contribution in [0.15, 0.2) is 42.7 Å². The number of likely N-dealkylation sites (N-methyl/N-ethyl adjacent to an activating group) is 1. The number of aromatic nitrogens is 2. The molecule has 1 N–H and O–H groups in total. The van der Waals surface area contributed by atoms with Crippen LogP contribution in [0.5, 0.6) is 0 Å². The van der Waals surface area contributed by atoms with Crippen LogP contribution in [0, 0.1) is 5.41 Å². The van der Waals surface area contributed by atoms with E-state index >= 15 is 0 Å². The number of hydrogen-bond acceptors (Lipinski definition) is 3. The zero-order chi connectivity index (χ0) is 17.6. The molecule has 5 heteroatoms. The highest BCUT2D eigenvalue weighted by molar-refractivity contribution is 5.77. The van der Waals surface area contributed by atoms with Crippen LogP contribution in [0.4, 0.5) is 0 Å². The van der Waals surface area contributed by atoms with Crippen molar-refractivity contribution in [2.45, 2.75) is 33.7 Å². The van der Waals surface area contributed by atoms with Crippen LogP contribution in [0.3, 0.4) is 0 Å². The first-order chi connectivity index (χ1) is 11.3. The second kappa shape index (κ2) is 8.11. The Labute approximate surface area is 144 Å². The maximum Gasteiger partial charge on any atom is 0.234 e. The number of rotatable bonds is 7. The summed E-state index contributed by atoms with van der Waals surface area (Å²) >= 11 is 0. The summed E-state index contributed by atoms with van der Waals surface area (Å²) in [5.41, 5.74) is 2.36. The Hall–Kier alpha value is -2.14. The van der Waals surface area contributed by atoms with Crippen molar-refractivity contribution in [2.75, 3.05) is 20.1 Å². The molecule has 0 spiro atoms. The summed E-state index contributed by atoms with van der Waals surface area (Å²) in [5.74, 6) is 0.0669. The third-order valence-electron chi connectivity index (χ3n) is 3.72. The molecular weight excluding hydrogens is 300 g/mol. The van der Waals surface area contributed by atoms with Gasteiger partial charge in [0.05, 0.1) is 18.4 Å². The molecule has 1 amide bonds. The molecule has 1 aromatic carbocycles. The minimum absolute atomic E-state index is 0.0669. The highest BCUT2D eigenvalue weighted by Crippen LogP contribution is 2.16. The Morgan fingerprint density at radius 2 is 1.96 bits per heavy atom. The maximum absolute atomic E-state index is 12.0. The van der Waals surface area contributed by atoms with Gasteiger partial charge in [-0.05, 0) is 31.0 Å². The Balaban J connectivity index is 1.79. The van der Waals surface area contributed by atoms with Gasteiger partial charge in [0.2, 0.25) is 5.91 Å². The molecule has 0 saturated carbocycles. The molecule has 0 radical (unpaired) electrons. The van der Waals surface area contributed by atoms with E-state index in [9.17, 15) is 4.79 Å². The third-order valence-corrected chi connectivity index (χ3v) is 3.72. The fraction of sp³-hybridized carbons (Fsp3) is 0.474. The lowest BCUT2D eigenvalue weighted by Gasteiger charge is -2.19. The Morgan fingerprint density at radius 1 is 1.25 bits per heavy atom. The van der Waals surface area contributed by atoms with E-state index in [4.69, 9.17) is 0 Å². The van der Waals surface area contributed by atoms with Gasteiger partial charge in [0, 0.05) is 24.8 Å². The van der Waals surface area contributed by atoms with Gasteiger partial charge in [0.15, 0.2) is 0 Å². The fourth-order valence-electron chi connectivity index (χ4n) is 2.41. The second-order valence-corrected chi connectivity index (χ2v) is 7.46. The molecule has 1 aromatic heterocycles. The van der Waals surface area contributed by atoms with E-state index in [1.54, 1.807) is 0 Å². The summed E-state index contributed by atoms with van der Waals surface area (Å²) in [7, 11) is 1.95. The molecule has 0 aliphatic carbocycles. The van der Waals surface area contributed by atoms with E-state index < -0.39 is 0 Å². The van der Waals surface area contributed by atoms with Gasteiger partial charge in [0.1, 0.15) is 0 Å². The Morgan fingerprint density at radius 3 is 2.62 bits per heavy atom. The van der Waals surface area contributed by atoms with E-state index in [0.717, 1.165) is 24.2 Å². The highest BCUT2D eigenvalue weighted by Gasteiger charge is 2.12. The van der Waals surface area contributed by atoms with Gasteiger partial charge in [-0.2, -0.15) is 5.10 Å². The summed E-state index contributed by atoms with van der Waals surface area (Å²) in [6, 6.07) is 10.0. The monoisotopic (exact) mass is 328 g/mol. The van der Waals surface area contributed by atoms with Crippen LogP contribution in [-0.2, 0) is 11.3 Å². The molecule has 2 rings (SSSR count). The summed E-state index contributed by atoms with van der Waals surface area (Å²) in [6.45, 7) is 8.34. The molecule has 0 bridgehead atoms. The van der Waals surface area contributed by atoms with Crippen molar-refractivity contribution in [3.63, 3.8) is 0 Å². The normalized spacial score (nSPS) is 11.7. The predicted octanol–water partition coefficient (Wildman–Crippen LogP) is 2.86. The van der Waals surface area contributed by atoms with Gasteiger partial charge >= 0.3 is 0 Å². The van der Waals surface area contributed by atoms with Crippen LogP contribution in [0.2, 0.25) is 0 Å². The molecule has 24 heavy (non-hydrogen) atoms. The molecule has 0 unspecified atom stereocenters. The lowest BCUT2D eigenvalue weighted by molar-refractivity contribution is -0.122. The molecule has 0 saturated heterocycles. The van der Waals surface area contributed by atoms with Gasteiger partial charge in [-0.25, -0.2) is 4.68 Å². The summed E-state index contributed by atoms with van der Waals surface area (Å²) in [4.78, 5) is 14.0. The summed E-state index contributed by atoms with van der Waals surface area (Å²) < 4.78 is 1.85. The number of carbonyl (C=O) groups is 1. The van der Waals surface area contributed by atoms with Crippen LogP contribution >= 0.6 is 0 Å². The van der Waals surface area contributed by atoms with E-state index in [2.05, 4.69) is 31.2 Å². The van der Waals surface area contributed by atoms with Crippen molar-refractivity contribution in [3.05, 3.63) is 48.3 Å². The van der Waals surface area contributed by atoms with Gasteiger partial charge in [0.25, 0.3) is 0 Å². The number of nitrogens with one attached hydrogen (secondary N) is 1. The largest absolute Gasteiger partial charge is 0.355 e. The van der Waals surface area contributed by atoms with Crippen LogP contribution in [-0.4, -0.2) is 40.7 Å². The number of hydrogen-bond donors (Lipinski definition) is 1. The van der Waals surface area contributed by atoms with Gasteiger partial charge in [-0.3, -0.25) is 9.69 Å². The quantitative estimate of drug-likeness (QED) is 0.850. The smallest absolute Gasteiger partial charge is 0.234 e. The van der Waals surface area contributed by atoms with E-state index in [1.807, 2.05) is 59.4 Å². The van der Waals surface area contributed by atoms with E-state index in [1.165, 1.54) is 0 Å². The van der Waals surface area contributed by atoms with Crippen molar-refractivity contribution in [3.8, 4) is 5.69 Å². The molecule has 1 heterocycles. The molecule has 0 aliphatic rings. The molecule has 0 atom stereocenters. The van der Waals surface area contributed by atoms with Crippen molar-refractivity contribution >= 4 is 5.91 Å². The molecule has 0 aliphatic heterocycles. The molecule has 0 fully saturated rings. The van der Waals surface area contributed by atoms with Crippen molar-refractivity contribution < 1.29 is 4.79 Å². The van der Waals surface area contributed by atoms with Gasteiger partial charge in [-0.15, -0.1) is 0 Å². The summed E-state index contributed by atoms with van der Waals surface area (Å²) in [6.07, 6.45) is 4.83. The third kappa shape index (κ3) is 6.16. The highest BCUT2D eigenvalue weighted by atomic mass is 16.2. The minimum Gasteiger partial charge on any atom is -0.355 e. The van der Waals surface area contributed by atoms with E-state index in [-0.39, 0.29) is 11.3 Å². The SMILES string of the molecule is CN(CC(=O)NCCC(C)(C)C)Cc1cnn(-c2ccccc2)c1. The molecule has 2 aromatic rings. The Kier molecular flexibility index (Phi) is 6.15. The number of amides is 1. The second-order valence-electron chi connectivity index (χ2n) is 7.46. The Bertz CT molecular complexity index is 643. The zero-order valence-corrected chi connectivity index (χ0v) is 15.1. The molecule has 5 nitrogen and oxygen atoms in total. The number of benzene rings is 1. The first kappa shape index (κ1) is 18.2. The number of carbonyl (C=O) groups excluding carboxylic acids is 1. The first-order valence-electron chi connectivity index (χ1n) is 8.38. The van der Waals surface area contributed by atoms with Gasteiger partial charge < -0.3 is 5.32 Å². The van der Waals surface area contributed by atoms with Crippen LogP contribution in [0.25, 0.3) is 5.69 Å². The fourth-order valence-corrected chi connectivity index (χ4v) is 2.41. The lowest BCUT2D eigenvalue weighted by atomic mass is 9.92. The number of nitrogens with zero attached hydrogens (tertiary/aromatic N) is 3. The molecule has 130 valence electrons. The van der Waals surface area contributed by atoms with Crippen molar-refractivity contribution in [1.29, 1.82) is 0 Å². The lowest BCUT2D eigenvalue weighted by Crippen LogP contribution is -2.36. The summed E-state index contributed by atoms with van der Waals surface area (Å²) in [5, 5.41) is 7.37. The van der Waals surface area contributed by atoms with Crippen LogP contribution < -0.4 is 5.32 Å². The van der Waals surface area contributed by atoms with Crippen LogP contribution in [0.1, 0.15) is 32.8 Å². The first-order valence-corrected chi connectivity index (χ1v) is 8.38. The zero-order valence-electron chi connectivity index (χ0n) is 15.1. The average molecular weight is 328 g/mol. The standard InChI is InChI=1S/C19H28N4O/c1-19(2,3)10-11-20-18(24)15-22(4)13-16-12-21-23(14-16)17-8-6-5-7-9-17/h5-9,12,14H,10-11,13,15H2,1-4H3,(H,20,24). The topological polar surface area (TPSA) is 50.2 Å². The minimum atomic E-state index is 0.0669. The van der Waals surface area contributed by atoms with Crippen molar-refractivity contribution in [1.82, 2.24) is 20.0 Å². The number of para-hydroxylation sites is 1.